The first-order chi connectivity index (χ1) is 18.0. The number of H-pyrrole nitrogens is 2. The quantitative estimate of drug-likeness (QED) is 0.455. The highest BCUT2D eigenvalue weighted by Crippen LogP contribution is 2.40. The number of rotatable bonds is 9. The zero-order valence-electron chi connectivity index (χ0n) is 22.3. The van der Waals surface area contributed by atoms with E-state index in [2.05, 4.69) is 55.7 Å². The van der Waals surface area contributed by atoms with Gasteiger partial charge >= 0.3 is 0 Å². The molecule has 4 heterocycles. The molecule has 37 heavy (non-hydrogen) atoms. The van der Waals surface area contributed by atoms with Gasteiger partial charge in [0.15, 0.2) is 0 Å². The van der Waals surface area contributed by atoms with E-state index in [4.69, 9.17) is 0 Å². The molecule has 3 aromatic rings. The van der Waals surface area contributed by atoms with Crippen molar-refractivity contribution in [1.82, 2.24) is 34.6 Å². The fourth-order valence-electron chi connectivity index (χ4n) is 6.10. The number of aromatic amines is 2. The summed E-state index contributed by atoms with van der Waals surface area (Å²) in [6.07, 6.45) is 12.3. The predicted octanol–water partition coefficient (Wildman–Crippen LogP) is 4.31. The van der Waals surface area contributed by atoms with E-state index in [1.807, 2.05) is 12.1 Å². The molecule has 1 amide bonds. The van der Waals surface area contributed by atoms with Gasteiger partial charge in [0.1, 0.15) is 11.6 Å². The van der Waals surface area contributed by atoms with Gasteiger partial charge in [-0.25, -0.2) is 9.97 Å². The second-order valence-electron chi connectivity index (χ2n) is 11.4. The first-order valence-corrected chi connectivity index (χ1v) is 13.8. The van der Waals surface area contributed by atoms with Crippen LogP contribution in [0.2, 0.25) is 0 Å². The normalized spacial score (nSPS) is 18.5. The van der Waals surface area contributed by atoms with Crippen LogP contribution in [0.15, 0.2) is 49.1 Å². The predicted molar refractivity (Wildman–Crippen MR) is 145 cm³/mol. The monoisotopic (exact) mass is 503 g/mol. The summed E-state index contributed by atoms with van der Waals surface area (Å²) < 4.78 is 0. The summed E-state index contributed by atoms with van der Waals surface area (Å²) in [6, 6.07) is 8.19. The number of hydrogen-bond acceptors (Lipinski definition) is 5. The summed E-state index contributed by atoms with van der Waals surface area (Å²) in [5, 5.41) is 0. The highest BCUT2D eigenvalue weighted by Gasteiger charge is 2.38. The van der Waals surface area contributed by atoms with E-state index in [-0.39, 0.29) is 5.91 Å². The largest absolute Gasteiger partial charge is 0.347 e. The van der Waals surface area contributed by atoms with Crippen LogP contribution in [0, 0.1) is 11.3 Å². The fourth-order valence-corrected chi connectivity index (χ4v) is 6.10. The molecule has 8 nitrogen and oxygen atoms in total. The maximum atomic E-state index is 13.4. The Kier molecular flexibility index (Phi) is 8.05. The molecule has 8 heteroatoms. The van der Waals surface area contributed by atoms with Gasteiger partial charge in [-0.1, -0.05) is 26.0 Å². The number of aromatic nitrogens is 4. The SMILES string of the molecule is CC(C)CN1CCC2(CCCN(Cc3ccc(C(=O)N(Cc4ncc[nH]4)Cc4ncc[nH]4)cc3)C2)CC1. The molecule has 198 valence electrons. The zero-order valence-corrected chi connectivity index (χ0v) is 22.3. The molecule has 0 atom stereocenters. The summed E-state index contributed by atoms with van der Waals surface area (Å²) >= 11 is 0. The van der Waals surface area contributed by atoms with Crippen LogP contribution >= 0.6 is 0 Å². The van der Waals surface area contributed by atoms with Crippen LogP contribution in [0.4, 0.5) is 0 Å². The zero-order chi connectivity index (χ0) is 25.7. The lowest BCUT2D eigenvalue weighted by molar-refractivity contribution is 0.0179. The topological polar surface area (TPSA) is 84.2 Å². The van der Waals surface area contributed by atoms with Crippen molar-refractivity contribution in [2.24, 2.45) is 11.3 Å². The maximum absolute atomic E-state index is 13.4. The lowest BCUT2D eigenvalue weighted by Crippen LogP contribution is -2.49. The molecule has 0 unspecified atom stereocenters. The third kappa shape index (κ3) is 6.67. The lowest BCUT2D eigenvalue weighted by atomic mass is 9.72. The van der Waals surface area contributed by atoms with Gasteiger partial charge < -0.3 is 19.8 Å². The molecule has 0 aliphatic carbocycles. The molecule has 2 saturated heterocycles. The number of carbonyl (C=O) groups is 1. The van der Waals surface area contributed by atoms with Gasteiger partial charge in [-0.2, -0.15) is 0 Å². The van der Waals surface area contributed by atoms with Crippen molar-refractivity contribution in [2.75, 3.05) is 32.7 Å². The van der Waals surface area contributed by atoms with Crippen LogP contribution in [0.5, 0.6) is 0 Å². The Balaban J connectivity index is 1.19. The third-order valence-electron chi connectivity index (χ3n) is 7.97. The van der Waals surface area contributed by atoms with E-state index < -0.39 is 0 Å². The van der Waals surface area contributed by atoms with Crippen molar-refractivity contribution in [1.29, 1.82) is 0 Å². The van der Waals surface area contributed by atoms with Gasteiger partial charge in [-0.3, -0.25) is 9.69 Å². The van der Waals surface area contributed by atoms with Crippen LogP contribution < -0.4 is 0 Å². The summed E-state index contributed by atoms with van der Waals surface area (Å²) in [7, 11) is 0. The van der Waals surface area contributed by atoms with E-state index in [9.17, 15) is 4.79 Å². The Morgan fingerprint density at radius 2 is 1.59 bits per heavy atom. The van der Waals surface area contributed by atoms with Gasteiger partial charge in [-0.15, -0.1) is 0 Å². The Morgan fingerprint density at radius 1 is 0.946 bits per heavy atom. The Bertz CT molecular complexity index is 1060. The molecule has 2 fully saturated rings. The minimum Gasteiger partial charge on any atom is -0.347 e. The summed E-state index contributed by atoms with van der Waals surface area (Å²) in [5.74, 6) is 2.23. The van der Waals surface area contributed by atoms with Crippen LogP contribution in [-0.4, -0.2) is 73.3 Å². The number of imidazole rings is 2. The van der Waals surface area contributed by atoms with Crippen molar-refractivity contribution in [3.05, 3.63) is 71.8 Å². The number of amides is 1. The number of carbonyl (C=O) groups excluding carboxylic acids is 1. The molecule has 2 aliphatic heterocycles. The first-order valence-electron chi connectivity index (χ1n) is 13.8. The number of nitrogens with one attached hydrogen (secondary N) is 2. The highest BCUT2D eigenvalue weighted by atomic mass is 16.2. The highest BCUT2D eigenvalue weighted by molar-refractivity contribution is 5.94. The molecule has 2 aliphatic rings. The molecular formula is C29H41N7O. The van der Waals surface area contributed by atoms with Gasteiger partial charge in [-0.05, 0) is 74.3 Å². The summed E-state index contributed by atoms with van der Waals surface area (Å²) in [6.45, 7) is 12.5. The van der Waals surface area contributed by atoms with Crippen molar-refractivity contribution in [3.8, 4) is 0 Å². The lowest BCUT2D eigenvalue weighted by Gasteiger charge is -2.48. The average molecular weight is 504 g/mol. The minimum atomic E-state index is -0.0237. The average Bonchev–Trinajstić information content (AvgIpc) is 3.60. The molecule has 0 bridgehead atoms. The molecule has 0 saturated carbocycles. The van der Waals surface area contributed by atoms with Gasteiger partial charge in [0, 0.05) is 50.0 Å². The van der Waals surface area contributed by atoms with E-state index in [0.717, 1.165) is 30.7 Å². The van der Waals surface area contributed by atoms with Crippen LogP contribution in [0.25, 0.3) is 0 Å². The molecule has 0 radical (unpaired) electrons. The smallest absolute Gasteiger partial charge is 0.254 e. The molecule has 5 rings (SSSR count). The molecular weight excluding hydrogens is 462 g/mol. The molecule has 1 spiro atoms. The second-order valence-corrected chi connectivity index (χ2v) is 11.4. The molecule has 2 N–H and O–H groups in total. The van der Waals surface area contributed by atoms with E-state index in [0.29, 0.717) is 24.1 Å². The molecule has 1 aromatic carbocycles. The summed E-state index contributed by atoms with van der Waals surface area (Å²) in [4.78, 5) is 35.3. The van der Waals surface area contributed by atoms with Crippen molar-refractivity contribution in [3.63, 3.8) is 0 Å². The standard InChI is InChI=1S/C29H41N7O/c1-23(2)18-34-16-9-29(10-17-34)8-3-15-35(22-29)19-24-4-6-25(7-5-24)28(37)36(20-26-30-11-12-31-26)21-27-32-13-14-33-27/h4-7,11-14,23H,3,8-10,15-22H2,1-2H3,(H,30,31)(H,32,33). The van der Waals surface area contributed by atoms with Crippen LogP contribution in [0.3, 0.4) is 0 Å². The number of benzene rings is 1. The van der Waals surface area contributed by atoms with E-state index in [1.54, 1.807) is 29.7 Å². The van der Waals surface area contributed by atoms with E-state index >= 15 is 0 Å². The Hall–Kier alpha value is -2.97. The number of piperidine rings is 2. The number of likely N-dealkylation sites (tertiary alicyclic amines) is 2. The van der Waals surface area contributed by atoms with Gasteiger partial charge in [0.25, 0.3) is 5.91 Å². The number of hydrogen-bond donors (Lipinski definition) is 2. The summed E-state index contributed by atoms with van der Waals surface area (Å²) in [5.41, 5.74) is 2.45. The second kappa shape index (κ2) is 11.6. The minimum absolute atomic E-state index is 0.0237. The fraction of sp³-hybridized carbons (Fsp3) is 0.552. The number of nitrogens with zero attached hydrogens (tertiary/aromatic N) is 5. The first kappa shape index (κ1) is 25.7. The van der Waals surface area contributed by atoms with Crippen LogP contribution in [0.1, 0.15) is 67.1 Å². The molecule has 2 aromatic heterocycles. The van der Waals surface area contributed by atoms with Gasteiger partial charge in [0.2, 0.25) is 0 Å². The van der Waals surface area contributed by atoms with E-state index in [1.165, 1.54) is 57.4 Å². The van der Waals surface area contributed by atoms with Crippen molar-refractivity contribution >= 4 is 5.91 Å². The van der Waals surface area contributed by atoms with Crippen molar-refractivity contribution in [2.45, 2.75) is 59.2 Å². The van der Waals surface area contributed by atoms with Gasteiger partial charge in [0.05, 0.1) is 13.1 Å². The van der Waals surface area contributed by atoms with Crippen molar-refractivity contribution < 1.29 is 4.79 Å². The third-order valence-corrected chi connectivity index (χ3v) is 7.97. The Labute approximate surface area is 220 Å². The maximum Gasteiger partial charge on any atom is 0.254 e. The van der Waals surface area contributed by atoms with Crippen LogP contribution in [-0.2, 0) is 19.6 Å². The Morgan fingerprint density at radius 3 is 2.16 bits per heavy atom.